The Hall–Kier alpha value is -2.09. The lowest BCUT2D eigenvalue weighted by Gasteiger charge is -2.20. The predicted molar refractivity (Wildman–Crippen MR) is 111 cm³/mol. The third kappa shape index (κ3) is 4.61. The van der Waals surface area contributed by atoms with Crippen LogP contribution in [0.25, 0.3) is 0 Å². The first-order valence-corrected chi connectivity index (χ1v) is 10.0. The number of methoxy groups -OCH3 is 1. The molecule has 0 fully saturated rings. The van der Waals surface area contributed by atoms with Gasteiger partial charge >= 0.3 is 0 Å². The Morgan fingerprint density at radius 2 is 2.04 bits per heavy atom. The fourth-order valence-electron chi connectivity index (χ4n) is 2.43. The summed E-state index contributed by atoms with van der Waals surface area (Å²) in [6, 6.07) is 12.7. The summed E-state index contributed by atoms with van der Waals surface area (Å²) in [5.74, 6) is 1.02. The van der Waals surface area contributed by atoms with Gasteiger partial charge in [-0.15, -0.1) is 11.3 Å². The zero-order valence-corrected chi connectivity index (χ0v) is 17.8. The smallest absolute Gasteiger partial charge is 0.230 e. The summed E-state index contributed by atoms with van der Waals surface area (Å²) in [4.78, 5) is 18.3. The minimum absolute atomic E-state index is 0.155. The predicted octanol–water partition coefficient (Wildman–Crippen LogP) is 5.83. The normalized spacial score (nSPS) is 10.5. The first kappa shape index (κ1) is 19.7. The van der Waals surface area contributed by atoms with Crippen molar-refractivity contribution in [3.05, 3.63) is 63.0 Å². The number of halogens is 2. The Morgan fingerprint density at radius 1 is 1.26 bits per heavy atom. The zero-order chi connectivity index (χ0) is 19.4. The van der Waals surface area contributed by atoms with E-state index in [2.05, 4.69) is 20.9 Å². The highest BCUT2D eigenvalue weighted by atomic mass is 79.9. The minimum Gasteiger partial charge on any atom is -0.495 e. The van der Waals surface area contributed by atoms with E-state index in [4.69, 9.17) is 21.1 Å². The van der Waals surface area contributed by atoms with Gasteiger partial charge in [0.15, 0.2) is 5.13 Å². The number of rotatable bonds is 6. The van der Waals surface area contributed by atoms with Crippen molar-refractivity contribution in [1.29, 1.82) is 0 Å². The maximum atomic E-state index is 12.3. The first-order chi connectivity index (χ1) is 13.0. The summed E-state index contributed by atoms with van der Waals surface area (Å²) in [5.41, 5.74) is 1.35. The van der Waals surface area contributed by atoms with E-state index in [0.29, 0.717) is 33.0 Å². The number of amides is 1. The molecule has 0 radical (unpaired) electrons. The van der Waals surface area contributed by atoms with Crippen LogP contribution in [-0.4, -0.2) is 18.0 Å². The monoisotopic (exact) mass is 466 g/mol. The van der Waals surface area contributed by atoms with Crippen molar-refractivity contribution in [2.75, 3.05) is 12.0 Å². The topological polar surface area (TPSA) is 51.7 Å². The second kappa shape index (κ2) is 8.73. The number of carbonyl (C=O) groups excluding carboxylic acids is 1. The lowest BCUT2D eigenvalue weighted by molar-refractivity contribution is -0.115. The van der Waals surface area contributed by atoms with Gasteiger partial charge in [-0.05, 0) is 30.3 Å². The number of hydrogen-bond donors (Lipinski definition) is 0. The third-order valence-electron chi connectivity index (χ3n) is 3.64. The van der Waals surface area contributed by atoms with Crippen LogP contribution in [0.2, 0.25) is 5.02 Å². The fourth-order valence-corrected chi connectivity index (χ4v) is 4.02. The molecule has 8 heteroatoms. The molecule has 0 aliphatic rings. The van der Waals surface area contributed by atoms with Crippen LogP contribution in [0.15, 0.2) is 52.3 Å². The van der Waals surface area contributed by atoms with Crippen LogP contribution in [0.3, 0.4) is 0 Å². The Kier molecular flexibility index (Phi) is 6.36. The number of hydrogen-bond acceptors (Lipinski definition) is 5. The van der Waals surface area contributed by atoms with Crippen molar-refractivity contribution in [2.24, 2.45) is 0 Å². The Balaban J connectivity index is 1.81. The van der Waals surface area contributed by atoms with Gasteiger partial charge in [-0.3, -0.25) is 9.69 Å². The molecule has 0 atom stereocenters. The van der Waals surface area contributed by atoms with Crippen LogP contribution < -0.4 is 14.4 Å². The van der Waals surface area contributed by atoms with E-state index in [-0.39, 0.29) is 12.5 Å². The molecule has 0 bridgehead atoms. The average Bonchev–Trinajstić information content (AvgIpc) is 3.09. The molecule has 2 aromatic carbocycles. The van der Waals surface area contributed by atoms with E-state index >= 15 is 0 Å². The molecule has 1 heterocycles. The molecule has 5 nitrogen and oxygen atoms in total. The van der Waals surface area contributed by atoms with E-state index in [9.17, 15) is 4.79 Å². The molecule has 1 amide bonds. The number of thiazole rings is 1. The van der Waals surface area contributed by atoms with Crippen LogP contribution in [0.4, 0.5) is 10.8 Å². The van der Waals surface area contributed by atoms with E-state index in [0.717, 1.165) is 4.47 Å². The van der Waals surface area contributed by atoms with Gasteiger partial charge in [-0.1, -0.05) is 39.7 Å². The van der Waals surface area contributed by atoms with Gasteiger partial charge in [-0.25, -0.2) is 4.98 Å². The highest BCUT2D eigenvalue weighted by molar-refractivity contribution is 9.10. The van der Waals surface area contributed by atoms with Gasteiger partial charge in [0.05, 0.1) is 23.5 Å². The molecule has 3 rings (SSSR count). The zero-order valence-electron chi connectivity index (χ0n) is 14.6. The lowest BCUT2D eigenvalue weighted by Crippen LogP contribution is -2.23. The number of anilines is 2. The molecule has 0 unspecified atom stereocenters. The number of ether oxygens (including phenoxy) is 2. The Labute approximate surface area is 174 Å². The van der Waals surface area contributed by atoms with Crippen LogP contribution >= 0.6 is 38.9 Å². The Bertz CT molecular complexity index is 964. The highest BCUT2D eigenvalue weighted by Crippen LogP contribution is 2.35. The molecular formula is C19H16BrClN2O3S. The summed E-state index contributed by atoms with van der Waals surface area (Å²) in [7, 11) is 1.57. The Morgan fingerprint density at radius 3 is 2.74 bits per heavy atom. The molecule has 3 aromatic rings. The molecule has 140 valence electrons. The van der Waals surface area contributed by atoms with Crippen molar-refractivity contribution >= 4 is 55.6 Å². The third-order valence-corrected chi connectivity index (χ3v) is 5.30. The van der Waals surface area contributed by atoms with Crippen LogP contribution in [0.5, 0.6) is 11.5 Å². The number of carbonyl (C=O) groups is 1. The van der Waals surface area contributed by atoms with Crippen molar-refractivity contribution in [2.45, 2.75) is 13.5 Å². The summed E-state index contributed by atoms with van der Waals surface area (Å²) in [5, 5.41) is 2.92. The SMILES string of the molecule is COc1ccccc1N(C(C)=O)c1nc(COc2ccc(Br)cc2Cl)cs1. The maximum Gasteiger partial charge on any atom is 0.230 e. The standard InChI is InChI=1S/C19H16BrClN2O3S/c1-12(24)23(16-5-3-4-6-18(16)25-2)19-22-14(11-27-19)10-26-17-8-7-13(20)9-15(17)21/h3-9,11H,10H2,1-2H3. The van der Waals surface area contributed by atoms with E-state index < -0.39 is 0 Å². The van der Waals surface area contributed by atoms with Gasteiger partial charge in [0.25, 0.3) is 0 Å². The second-order valence-corrected chi connectivity index (χ2v) is 7.67. The molecule has 0 aliphatic heterocycles. The van der Waals surface area contributed by atoms with Gasteiger partial charge < -0.3 is 9.47 Å². The number of aromatic nitrogens is 1. The minimum atomic E-state index is -0.155. The van der Waals surface area contributed by atoms with E-state index in [1.807, 2.05) is 29.6 Å². The number of para-hydroxylation sites is 2. The van der Waals surface area contributed by atoms with Gasteiger partial charge in [0.2, 0.25) is 5.91 Å². The highest BCUT2D eigenvalue weighted by Gasteiger charge is 2.21. The van der Waals surface area contributed by atoms with Crippen LogP contribution in [-0.2, 0) is 11.4 Å². The molecule has 0 saturated carbocycles. The van der Waals surface area contributed by atoms with Gasteiger partial charge in [-0.2, -0.15) is 0 Å². The quantitative estimate of drug-likeness (QED) is 0.457. The molecule has 27 heavy (non-hydrogen) atoms. The molecule has 0 N–H and O–H groups in total. The molecule has 0 aliphatic carbocycles. The lowest BCUT2D eigenvalue weighted by atomic mass is 10.2. The summed E-state index contributed by atoms with van der Waals surface area (Å²) in [6.45, 7) is 1.74. The second-order valence-electron chi connectivity index (χ2n) is 5.51. The maximum absolute atomic E-state index is 12.3. The van der Waals surface area contributed by atoms with Crippen LogP contribution in [0.1, 0.15) is 12.6 Å². The summed E-state index contributed by atoms with van der Waals surface area (Å²) < 4.78 is 12.0. The van der Waals surface area contributed by atoms with Crippen molar-refractivity contribution < 1.29 is 14.3 Å². The summed E-state index contributed by atoms with van der Waals surface area (Å²) >= 11 is 10.9. The largest absolute Gasteiger partial charge is 0.495 e. The first-order valence-electron chi connectivity index (χ1n) is 7.95. The number of benzene rings is 2. The van der Waals surface area contributed by atoms with E-state index in [1.165, 1.54) is 23.2 Å². The van der Waals surface area contributed by atoms with E-state index in [1.54, 1.807) is 25.3 Å². The average molecular weight is 468 g/mol. The van der Waals surface area contributed by atoms with Gasteiger partial charge in [0, 0.05) is 16.8 Å². The summed E-state index contributed by atoms with van der Waals surface area (Å²) in [6.07, 6.45) is 0. The van der Waals surface area contributed by atoms with Crippen molar-refractivity contribution in [3.8, 4) is 11.5 Å². The fraction of sp³-hybridized carbons (Fsp3) is 0.158. The van der Waals surface area contributed by atoms with Gasteiger partial charge in [0.1, 0.15) is 18.1 Å². The molecule has 0 saturated heterocycles. The van der Waals surface area contributed by atoms with Crippen molar-refractivity contribution in [3.63, 3.8) is 0 Å². The molecule has 1 aromatic heterocycles. The van der Waals surface area contributed by atoms with Crippen molar-refractivity contribution in [1.82, 2.24) is 4.98 Å². The number of nitrogens with zero attached hydrogens (tertiary/aromatic N) is 2. The molecular weight excluding hydrogens is 452 g/mol. The molecule has 0 spiro atoms. The van der Waals surface area contributed by atoms with Crippen LogP contribution in [0, 0.1) is 0 Å².